The van der Waals surface area contributed by atoms with Gasteiger partial charge in [-0.2, -0.15) is 8.42 Å². The molecule has 1 heterocycles. The van der Waals surface area contributed by atoms with Crippen molar-refractivity contribution < 1.29 is 13.0 Å². The van der Waals surface area contributed by atoms with Gasteiger partial charge in [0.15, 0.2) is 0 Å². The van der Waals surface area contributed by atoms with E-state index in [9.17, 15) is 13.0 Å². The summed E-state index contributed by atoms with van der Waals surface area (Å²) in [6.45, 7) is 2.05. The number of benzene rings is 1. The SMILES string of the molecule is CCCCc1cc2sccc2cc1S(=O)(=O)O. The molecule has 1 aromatic carbocycles. The van der Waals surface area contributed by atoms with Crippen LogP contribution in [0.15, 0.2) is 28.5 Å². The second-order valence-electron chi connectivity index (χ2n) is 4.00. The van der Waals surface area contributed by atoms with E-state index in [-0.39, 0.29) is 4.90 Å². The first kappa shape index (κ1) is 12.5. The van der Waals surface area contributed by atoms with E-state index in [0.717, 1.165) is 22.9 Å². The predicted molar refractivity (Wildman–Crippen MR) is 70.3 cm³/mol. The molecule has 0 amide bonds. The van der Waals surface area contributed by atoms with Gasteiger partial charge in [-0.1, -0.05) is 13.3 Å². The van der Waals surface area contributed by atoms with Gasteiger partial charge in [0.25, 0.3) is 10.1 Å². The molecule has 0 aliphatic rings. The summed E-state index contributed by atoms with van der Waals surface area (Å²) in [5.41, 5.74) is 0.712. The average Bonchev–Trinajstić information content (AvgIpc) is 2.70. The molecule has 2 rings (SSSR count). The van der Waals surface area contributed by atoms with Gasteiger partial charge in [0, 0.05) is 4.70 Å². The lowest BCUT2D eigenvalue weighted by molar-refractivity contribution is 0.482. The minimum Gasteiger partial charge on any atom is -0.282 e. The monoisotopic (exact) mass is 270 g/mol. The minimum absolute atomic E-state index is 0.0526. The van der Waals surface area contributed by atoms with Crippen LogP contribution in [-0.4, -0.2) is 13.0 Å². The third-order valence-electron chi connectivity index (χ3n) is 2.71. The van der Waals surface area contributed by atoms with Gasteiger partial charge in [0.2, 0.25) is 0 Å². The molecule has 0 spiro atoms. The van der Waals surface area contributed by atoms with Gasteiger partial charge in [-0.3, -0.25) is 4.55 Å². The topological polar surface area (TPSA) is 54.4 Å². The van der Waals surface area contributed by atoms with Crippen molar-refractivity contribution in [1.82, 2.24) is 0 Å². The molecule has 0 saturated carbocycles. The lowest BCUT2D eigenvalue weighted by Crippen LogP contribution is -2.03. The first-order valence-corrected chi connectivity index (χ1v) is 7.82. The minimum atomic E-state index is -4.13. The molecule has 92 valence electrons. The number of hydrogen-bond donors (Lipinski definition) is 1. The summed E-state index contributed by atoms with van der Waals surface area (Å²) >= 11 is 1.58. The van der Waals surface area contributed by atoms with Crippen LogP contribution in [0.3, 0.4) is 0 Å². The number of thiophene rings is 1. The molecule has 0 saturated heterocycles. The van der Waals surface area contributed by atoms with Gasteiger partial charge in [0.05, 0.1) is 4.90 Å². The van der Waals surface area contributed by atoms with Crippen LogP contribution in [0.1, 0.15) is 25.3 Å². The van der Waals surface area contributed by atoms with Crippen molar-refractivity contribution in [2.45, 2.75) is 31.1 Å². The van der Waals surface area contributed by atoms with Crippen LogP contribution in [0, 0.1) is 0 Å². The zero-order chi connectivity index (χ0) is 12.5. The highest BCUT2D eigenvalue weighted by Crippen LogP contribution is 2.28. The Morgan fingerprint density at radius 2 is 2.12 bits per heavy atom. The van der Waals surface area contributed by atoms with Gasteiger partial charge < -0.3 is 0 Å². The maximum atomic E-state index is 11.3. The molecule has 0 radical (unpaired) electrons. The Bertz CT molecular complexity index is 626. The standard InChI is InChI=1S/C12H14O3S2/c1-2-3-4-10-7-11-9(5-6-16-11)8-12(10)17(13,14)15/h5-8H,2-4H2,1H3,(H,13,14,15). The van der Waals surface area contributed by atoms with E-state index in [1.54, 1.807) is 17.4 Å². The van der Waals surface area contributed by atoms with Crippen LogP contribution in [0.2, 0.25) is 0 Å². The molecular weight excluding hydrogens is 256 g/mol. The average molecular weight is 270 g/mol. The Labute approximate surface area is 105 Å². The largest absolute Gasteiger partial charge is 0.294 e. The van der Waals surface area contributed by atoms with E-state index in [1.165, 1.54) is 0 Å². The zero-order valence-corrected chi connectivity index (χ0v) is 11.1. The summed E-state index contributed by atoms with van der Waals surface area (Å²) < 4.78 is 33.0. The maximum Gasteiger partial charge on any atom is 0.294 e. The lowest BCUT2D eigenvalue weighted by Gasteiger charge is -2.07. The highest BCUT2D eigenvalue weighted by Gasteiger charge is 2.16. The summed E-state index contributed by atoms with van der Waals surface area (Å²) in [4.78, 5) is 0.0526. The molecule has 0 unspecified atom stereocenters. The van der Waals surface area contributed by atoms with Gasteiger partial charge in [0.1, 0.15) is 0 Å². The van der Waals surface area contributed by atoms with Crippen LogP contribution < -0.4 is 0 Å². The molecular formula is C12H14O3S2. The first-order valence-electron chi connectivity index (χ1n) is 5.50. The fraction of sp³-hybridized carbons (Fsp3) is 0.333. The van der Waals surface area contributed by atoms with E-state index in [2.05, 4.69) is 6.92 Å². The molecule has 3 nitrogen and oxygen atoms in total. The molecule has 1 N–H and O–H groups in total. The van der Waals surface area contributed by atoms with Gasteiger partial charge in [-0.15, -0.1) is 11.3 Å². The third kappa shape index (κ3) is 2.68. The number of hydrogen-bond acceptors (Lipinski definition) is 3. The molecule has 0 aliphatic carbocycles. The van der Waals surface area contributed by atoms with Crippen molar-refractivity contribution in [2.75, 3.05) is 0 Å². The number of rotatable bonds is 4. The van der Waals surface area contributed by atoms with E-state index in [0.29, 0.717) is 12.0 Å². The van der Waals surface area contributed by atoms with E-state index >= 15 is 0 Å². The molecule has 5 heteroatoms. The Hall–Kier alpha value is -0.910. The van der Waals surface area contributed by atoms with Crippen molar-refractivity contribution >= 4 is 31.5 Å². The molecule has 1 aromatic heterocycles. The molecule has 0 atom stereocenters. The van der Waals surface area contributed by atoms with Crippen LogP contribution in [0.4, 0.5) is 0 Å². The molecule has 17 heavy (non-hydrogen) atoms. The number of unbranched alkanes of at least 4 members (excludes halogenated alkanes) is 1. The first-order chi connectivity index (χ1) is 8.02. The normalized spacial score (nSPS) is 12.1. The van der Waals surface area contributed by atoms with Crippen LogP contribution in [0.25, 0.3) is 10.1 Å². The summed E-state index contributed by atoms with van der Waals surface area (Å²) in [5, 5.41) is 2.78. The maximum absolute atomic E-state index is 11.3. The van der Waals surface area contributed by atoms with Gasteiger partial charge >= 0.3 is 0 Å². The second-order valence-corrected chi connectivity index (χ2v) is 6.33. The van der Waals surface area contributed by atoms with Crippen LogP contribution in [0.5, 0.6) is 0 Å². The molecule has 0 fully saturated rings. The third-order valence-corrected chi connectivity index (χ3v) is 4.53. The summed E-state index contributed by atoms with van der Waals surface area (Å²) in [6, 6.07) is 5.29. The number of aryl methyl sites for hydroxylation is 1. The molecule has 0 bridgehead atoms. The van der Waals surface area contributed by atoms with Crippen LogP contribution in [-0.2, 0) is 16.5 Å². The Kier molecular flexibility index (Phi) is 3.51. The van der Waals surface area contributed by atoms with Gasteiger partial charge in [-0.25, -0.2) is 0 Å². The Morgan fingerprint density at radius 3 is 2.76 bits per heavy atom. The van der Waals surface area contributed by atoms with Gasteiger partial charge in [-0.05, 0) is 47.4 Å². The Morgan fingerprint density at radius 1 is 1.35 bits per heavy atom. The highest BCUT2D eigenvalue weighted by molar-refractivity contribution is 7.85. The van der Waals surface area contributed by atoms with E-state index in [1.807, 2.05) is 17.5 Å². The van der Waals surface area contributed by atoms with Crippen LogP contribution >= 0.6 is 11.3 Å². The fourth-order valence-corrected chi connectivity index (χ4v) is 3.44. The smallest absolute Gasteiger partial charge is 0.282 e. The summed E-state index contributed by atoms with van der Waals surface area (Å²) in [6.07, 6.45) is 2.59. The van der Waals surface area contributed by atoms with Crippen molar-refractivity contribution in [3.05, 3.63) is 29.1 Å². The van der Waals surface area contributed by atoms with Crippen molar-refractivity contribution in [1.29, 1.82) is 0 Å². The van der Waals surface area contributed by atoms with E-state index < -0.39 is 10.1 Å². The quantitative estimate of drug-likeness (QED) is 0.865. The lowest BCUT2D eigenvalue weighted by atomic mass is 10.1. The Balaban J connectivity index is 2.60. The highest BCUT2D eigenvalue weighted by atomic mass is 32.2. The zero-order valence-electron chi connectivity index (χ0n) is 9.51. The predicted octanol–water partition coefficient (Wildman–Crippen LogP) is 3.49. The van der Waals surface area contributed by atoms with Crippen molar-refractivity contribution in [2.24, 2.45) is 0 Å². The molecule has 0 aliphatic heterocycles. The van der Waals surface area contributed by atoms with Crippen molar-refractivity contribution in [3.63, 3.8) is 0 Å². The van der Waals surface area contributed by atoms with E-state index in [4.69, 9.17) is 0 Å². The summed E-state index contributed by atoms with van der Waals surface area (Å²) in [7, 11) is -4.13. The summed E-state index contributed by atoms with van der Waals surface area (Å²) in [5.74, 6) is 0. The fourth-order valence-electron chi connectivity index (χ4n) is 1.83. The molecule has 2 aromatic rings. The second kappa shape index (κ2) is 4.76. The number of fused-ring (bicyclic) bond motifs is 1. The van der Waals surface area contributed by atoms with Crippen molar-refractivity contribution in [3.8, 4) is 0 Å².